The van der Waals surface area contributed by atoms with Gasteiger partial charge in [0.2, 0.25) is 0 Å². The van der Waals surface area contributed by atoms with Crippen LogP contribution in [-0.2, 0) is 0 Å². The summed E-state index contributed by atoms with van der Waals surface area (Å²) in [7, 11) is 0. The number of hydrogen-bond donors (Lipinski definition) is 1. The van der Waals surface area contributed by atoms with Gasteiger partial charge in [-0.3, -0.25) is 4.79 Å². The largest absolute Gasteiger partial charge is 0.493 e. The van der Waals surface area contributed by atoms with E-state index in [1.807, 2.05) is 0 Å². The van der Waals surface area contributed by atoms with Crippen molar-refractivity contribution >= 4 is 11.6 Å². The Balaban J connectivity index is 2.07. The van der Waals surface area contributed by atoms with Crippen molar-refractivity contribution < 1.29 is 13.9 Å². The van der Waals surface area contributed by atoms with Crippen LogP contribution in [0.3, 0.4) is 0 Å². The summed E-state index contributed by atoms with van der Waals surface area (Å²) in [6.07, 6.45) is 0. The van der Waals surface area contributed by atoms with Crippen molar-refractivity contribution in [2.24, 2.45) is 5.92 Å². The number of hydrogen-bond acceptors (Lipinski definition) is 2. The van der Waals surface area contributed by atoms with Crippen molar-refractivity contribution in [3.63, 3.8) is 0 Å². The van der Waals surface area contributed by atoms with E-state index in [0.717, 1.165) is 0 Å². The monoisotopic (exact) mass is 287 g/mol. The van der Waals surface area contributed by atoms with Crippen molar-refractivity contribution in [1.82, 2.24) is 0 Å². The summed E-state index contributed by atoms with van der Waals surface area (Å²) in [4.78, 5) is 12.1. The van der Waals surface area contributed by atoms with E-state index in [4.69, 9.17) is 4.74 Å². The van der Waals surface area contributed by atoms with E-state index < -0.39 is 0 Å². The first-order valence-electron chi connectivity index (χ1n) is 6.84. The van der Waals surface area contributed by atoms with Gasteiger partial charge >= 0.3 is 0 Å². The fraction of sp³-hybridized carbons (Fsp3) is 0.235. The molecule has 3 nitrogen and oxygen atoms in total. The van der Waals surface area contributed by atoms with Crippen LogP contribution in [0.1, 0.15) is 24.2 Å². The molecule has 2 aromatic rings. The second-order valence-corrected chi connectivity index (χ2v) is 5.20. The van der Waals surface area contributed by atoms with Crippen molar-refractivity contribution in [1.29, 1.82) is 0 Å². The summed E-state index contributed by atoms with van der Waals surface area (Å²) in [6.45, 7) is 4.70. The fourth-order valence-corrected chi connectivity index (χ4v) is 1.76. The zero-order valence-electron chi connectivity index (χ0n) is 12.1. The molecule has 0 unspecified atom stereocenters. The van der Waals surface area contributed by atoms with Gasteiger partial charge in [-0.2, -0.15) is 0 Å². The van der Waals surface area contributed by atoms with E-state index in [9.17, 15) is 9.18 Å². The minimum atomic E-state index is -0.387. The summed E-state index contributed by atoms with van der Waals surface area (Å²) in [5, 5.41) is 2.66. The predicted octanol–water partition coefficient (Wildman–Crippen LogP) is 4.11. The average Bonchev–Trinajstić information content (AvgIpc) is 2.45. The van der Waals surface area contributed by atoms with Crippen LogP contribution in [0.2, 0.25) is 0 Å². The first kappa shape index (κ1) is 15.0. The summed E-state index contributed by atoms with van der Waals surface area (Å²) in [5.41, 5.74) is 0.897. The maximum Gasteiger partial charge on any atom is 0.255 e. The third-order valence-electron chi connectivity index (χ3n) is 2.76. The Morgan fingerprint density at radius 1 is 1.19 bits per heavy atom. The van der Waals surface area contributed by atoms with E-state index in [-0.39, 0.29) is 11.7 Å². The second-order valence-electron chi connectivity index (χ2n) is 5.20. The van der Waals surface area contributed by atoms with Gasteiger partial charge in [0.05, 0.1) is 6.61 Å². The number of anilines is 1. The van der Waals surface area contributed by atoms with Gasteiger partial charge in [-0.1, -0.05) is 26.0 Å². The zero-order valence-corrected chi connectivity index (χ0v) is 12.1. The molecule has 0 heterocycles. The van der Waals surface area contributed by atoms with E-state index >= 15 is 0 Å². The van der Waals surface area contributed by atoms with Gasteiger partial charge in [0.25, 0.3) is 5.91 Å². The maximum atomic E-state index is 13.1. The van der Waals surface area contributed by atoms with Crippen molar-refractivity contribution in [2.75, 3.05) is 11.9 Å². The molecular weight excluding hydrogens is 269 g/mol. The van der Waals surface area contributed by atoms with Crippen molar-refractivity contribution in [3.8, 4) is 5.75 Å². The molecule has 0 saturated carbocycles. The summed E-state index contributed by atoms with van der Waals surface area (Å²) in [5.74, 6) is 0.378. The SMILES string of the molecule is CC(C)COc1cccc(C(=O)Nc2cccc(F)c2)c1. The standard InChI is InChI=1S/C17H18FNO2/c1-12(2)11-21-16-8-3-5-13(9-16)17(20)19-15-7-4-6-14(18)10-15/h3-10,12H,11H2,1-2H3,(H,19,20). The molecule has 0 aromatic heterocycles. The predicted molar refractivity (Wildman–Crippen MR) is 81.1 cm³/mol. The molecule has 0 spiro atoms. The normalized spacial score (nSPS) is 10.5. The van der Waals surface area contributed by atoms with Crippen LogP contribution in [0.4, 0.5) is 10.1 Å². The first-order valence-corrected chi connectivity index (χ1v) is 6.84. The van der Waals surface area contributed by atoms with Crippen LogP contribution < -0.4 is 10.1 Å². The Morgan fingerprint density at radius 3 is 2.67 bits per heavy atom. The molecule has 21 heavy (non-hydrogen) atoms. The second kappa shape index (κ2) is 6.88. The molecule has 110 valence electrons. The van der Waals surface area contributed by atoms with Crippen LogP contribution in [0.5, 0.6) is 5.75 Å². The fourth-order valence-electron chi connectivity index (χ4n) is 1.76. The van der Waals surface area contributed by atoms with Crippen LogP contribution >= 0.6 is 0 Å². The lowest BCUT2D eigenvalue weighted by Gasteiger charge is -2.10. The lowest BCUT2D eigenvalue weighted by Crippen LogP contribution is -2.12. The maximum absolute atomic E-state index is 13.1. The molecule has 0 aliphatic rings. The Bertz CT molecular complexity index is 626. The zero-order chi connectivity index (χ0) is 15.2. The van der Waals surface area contributed by atoms with Gasteiger partial charge in [0.1, 0.15) is 11.6 Å². The number of ether oxygens (including phenoxy) is 1. The average molecular weight is 287 g/mol. The van der Waals surface area contributed by atoms with Gasteiger partial charge < -0.3 is 10.1 Å². The molecule has 0 aliphatic carbocycles. The van der Waals surface area contributed by atoms with Gasteiger partial charge in [-0.25, -0.2) is 4.39 Å². The molecule has 0 radical (unpaired) electrons. The number of nitrogens with one attached hydrogen (secondary N) is 1. The highest BCUT2D eigenvalue weighted by molar-refractivity contribution is 6.04. The number of carbonyl (C=O) groups is 1. The highest BCUT2D eigenvalue weighted by atomic mass is 19.1. The molecule has 2 aromatic carbocycles. The van der Waals surface area contributed by atoms with Gasteiger partial charge in [-0.05, 0) is 42.3 Å². The quantitative estimate of drug-likeness (QED) is 0.898. The smallest absolute Gasteiger partial charge is 0.255 e. The lowest BCUT2D eigenvalue weighted by atomic mass is 10.2. The van der Waals surface area contributed by atoms with E-state index in [1.54, 1.807) is 36.4 Å². The lowest BCUT2D eigenvalue weighted by molar-refractivity contribution is 0.102. The Hall–Kier alpha value is -2.36. The molecule has 0 aliphatic heterocycles. The number of benzene rings is 2. The van der Waals surface area contributed by atoms with Gasteiger partial charge in [0.15, 0.2) is 0 Å². The van der Waals surface area contributed by atoms with Gasteiger partial charge in [0, 0.05) is 11.3 Å². The Kier molecular flexibility index (Phi) is 4.93. The molecule has 1 amide bonds. The van der Waals surface area contributed by atoms with E-state index in [2.05, 4.69) is 19.2 Å². The Morgan fingerprint density at radius 2 is 1.95 bits per heavy atom. The molecule has 0 bridgehead atoms. The topological polar surface area (TPSA) is 38.3 Å². The summed E-state index contributed by atoms with van der Waals surface area (Å²) >= 11 is 0. The number of amides is 1. The minimum absolute atomic E-state index is 0.296. The third-order valence-corrected chi connectivity index (χ3v) is 2.76. The van der Waals surface area contributed by atoms with Crippen LogP contribution in [0.25, 0.3) is 0 Å². The molecule has 2 rings (SSSR count). The van der Waals surface area contributed by atoms with Crippen LogP contribution in [0, 0.1) is 11.7 Å². The Labute approximate surface area is 123 Å². The minimum Gasteiger partial charge on any atom is -0.493 e. The highest BCUT2D eigenvalue weighted by Crippen LogP contribution is 2.16. The molecule has 0 atom stereocenters. The molecule has 4 heteroatoms. The van der Waals surface area contributed by atoms with Gasteiger partial charge in [-0.15, -0.1) is 0 Å². The van der Waals surface area contributed by atoms with E-state index in [1.165, 1.54) is 12.1 Å². The summed E-state index contributed by atoms with van der Waals surface area (Å²) in [6, 6.07) is 12.7. The van der Waals surface area contributed by atoms with Crippen molar-refractivity contribution in [3.05, 3.63) is 59.9 Å². The number of rotatable bonds is 5. The van der Waals surface area contributed by atoms with E-state index in [0.29, 0.717) is 29.5 Å². The van der Waals surface area contributed by atoms with Crippen LogP contribution in [-0.4, -0.2) is 12.5 Å². The molecule has 1 N–H and O–H groups in total. The molecular formula is C17H18FNO2. The molecule has 0 saturated heterocycles. The number of carbonyl (C=O) groups excluding carboxylic acids is 1. The summed E-state index contributed by atoms with van der Waals surface area (Å²) < 4.78 is 18.7. The van der Waals surface area contributed by atoms with Crippen molar-refractivity contribution in [2.45, 2.75) is 13.8 Å². The third kappa shape index (κ3) is 4.60. The molecule has 0 fully saturated rings. The highest BCUT2D eigenvalue weighted by Gasteiger charge is 2.08. The number of halogens is 1. The first-order chi connectivity index (χ1) is 10.0. The van der Waals surface area contributed by atoms with Crippen LogP contribution in [0.15, 0.2) is 48.5 Å².